The number of hydrogen-bond donors (Lipinski definition) is 0. The maximum Gasteiger partial charge on any atom is 0.195 e. The molecule has 0 spiro atoms. The highest BCUT2D eigenvalue weighted by Crippen LogP contribution is 2.16. The summed E-state index contributed by atoms with van der Waals surface area (Å²) < 4.78 is 0. The fourth-order valence-corrected chi connectivity index (χ4v) is 2.13. The first-order chi connectivity index (χ1) is 9.09. The Hall–Kier alpha value is -2.10. The molecular weight excluding hydrogens is 236 g/mol. The molecule has 4 nitrogen and oxygen atoms in total. The Balaban J connectivity index is 2.34. The second-order valence-corrected chi connectivity index (χ2v) is 4.90. The topological polar surface area (TPSA) is 31.7 Å². The van der Waals surface area contributed by atoms with Crippen molar-refractivity contribution in [2.75, 3.05) is 28.2 Å². The lowest BCUT2D eigenvalue weighted by atomic mass is 10.1. The van der Waals surface area contributed by atoms with Crippen LogP contribution in [0.5, 0.6) is 0 Å². The number of pyridine rings is 1. The van der Waals surface area contributed by atoms with Gasteiger partial charge in [-0.05, 0) is 11.6 Å². The Labute approximate surface area is 114 Å². The SMILES string of the molecule is CN(C)C(=NCc1cccc2cccnc12)N(C)C. The zero-order valence-corrected chi connectivity index (χ0v) is 12.0. The molecule has 1 aromatic carbocycles. The summed E-state index contributed by atoms with van der Waals surface area (Å²) in [6.07, 6.45) is 1.83. The van der Waals surface area contributed by atoms with E-state index in [1.54, 1.807) is 0 Å². The Kier molecular flexibility index (Phi) is 4.00. The summed E-state index contributed by atoms with van der Waals surface area (Å²) in [6, 6.07) is 10.3. The number of rotatable bonds is 2. The number of nitrogens with zero attached hydrogens (tertiary/aromatic N) is 4. The molecule has 0 N–H and O–H groups in total. The Morgan fingerprint density at radius 1 is 1.05 bits per heavy atom. The molecule has 0 saturated carbocycles. The van der Waals surface area contributed by atoms with Gasteiger partial charge in [0, 0.05) is 39.8 Å². The van der Waals surface area contributed by atoms with Crippen molar-refractivity contribution in [1.82, 2.24) is 14.8 Å². The number of aromatic nitrogens is 1. The van der Waals surface area contributed by atoms with Crippen molar-refractivity contribution in [1.29, 1.82) is 0 Å². The Bertz CT molecular complexity index is 572. The molecule has 1 heterocycles. The van der Waals surface area contributed by atoms with E-state index >= 15 is 0 Å². The quantitative estimate of drug-likeness (QED) is 0.610. The van der Waals surface area contributed by atoms with Gasteiger partial charge in [-0.2, -0.15) is 0 Å². The smallest absolute Gasteiger partial charge is 0.195 e. The van der Waals surface area contributed by atoms with Crippen LogP contribution in [0.2, 0.25) is 0 Å². The average molecular weight is 256 g/mol. The van der Waals surface area contributed by atoms with Crippen LogP contribution in [0.25, 0.3) is 10.9 Å². The summed E-state index contributed by atoms with van der Waals surface area (Å²) in [7, 11) is 8.00. The molecule has 100 valence electrons. The van der Waals surface area contributed by atoms with Crippen LogP contribution in [0.4, 0.5) is 0 Å². The predicted molar refractivity (Wildman–Crippen MR) is 80.3 cm³/mol. The van der Waals surface area contributed by atoms with Crippen LogP contribution in [0.15, 0.2) is 41.5 Å². The molecule has 0 saturated heterocycles. The molecule has 0 aliphatic heterocycles. The molecule has 0 amide bonds. The third-order valence-corrected chi connectivity index (χ3v) is 2.91. The minimum Gasteiger partial charge on any atom is -0.349 e. The van der Waals surface area contributed by atoms with Crippen LogP contribution in [0, 0.1) is 0 Å². The van der Waals surface area contributed by atoms with Crippen molar-refractivity contribution in [2.24, 2.45) is 4.99 Å². The maximum absolute atomic E-state index is 4.67. The minimum absolute atomic E-state index is 0.639. The van der Waals surface area contributed by atoms with E-state index < -0.39 is 0 Å². The number of para-hydroxylation sites is 1. The van der Waals surface area contributed by atoms with Gasteiger partial charge in [0.2, 0.25) is 0 Å². The summed E-state index contributed by atoms with van der Waals surface area (Å²) in [5.41, 5.74) is 2.19. The monoisotopic (exact) mass is 256 g/mol. The Morgan fingerprint density at radius 3 is 2.42 bits per heavy atom. The molecule has 19 heavy (non-hydrogen) atoms. The van der Waals surface area contributed by atoms with Crippen molar-refractivity contribution in [3.05, 3.63) is 42.1 Å². The van der Waals surface area contributed by atoms with Gasteiger partial charge < -0.3 is 9.80 Å². The van der Waals surface area contributed by atoms with E-state index in [0.717, 1.165) is 22.4 Å². The van der Waals surface area contributed by atoms with Crippen molar-refractivity contribution in [2.45, 2.75) is 6.54 Å². The minimum atomic E-state index is 0.639. The predicted octanol–water partition coefficient (Wildman–Crippen LogP) is 2.21. The number of aliphatic imine (C=N–C) groups is 1. The van der Waals surface area contributed by atoms with Crippen LogP contribution in [-0.2, 0) is 6.54 Å². The van der Waals surface area contributed by atoms with Crippen molar-refractivity contribution in [3.63, 3.8) is 0 Å². The van der Waals surface area contributed by atoms with Crippen molar-refractivity contribution < 1.29 is 0 Å². The molecule has 0 aliphatic carbocycles. The van der Waals surface area contributed by atoms with Crippen LogP contribution >= 0.6 is 0 Å². The highest BCUT2D eigenvalue weighted by Gasteiger charge is 2.05. The van der Waals surface area contributed by atoms with Gasteiger partial charge in [0.05, 0.1) is 12.1 Å². The van der Waals surface area contributed by atoms with Gasteiger partial charge >= 0.3 is 0 Å². The van der Waals surface area contributed by atoms with E-state index in [9.17, 15) is 0 Å². The van der Waals surface area contributed by atoms with Gasteiger partial charge in [0.15, 0.2) is 5.96 Å². The largest absolute Gasteiger partial charge is 0.349 e. The fraction of sp³-hybridized carbons (Fsp3) is 0.333. The van der Waals surface area contributed by atoms with Gasteiger partial charge in [0.25, 0.3) is 0 Å². The van der Waals surface area contributed by atoms with Crippen molar-refractivity contribution >= 4 is 16.9 Å². The van der Waals surface area contributed by atoms with Crippen LogP contribution in [0.1, 0.15) is 5.56 Å². The number of hydrogen-bond acceptors (Lipinski definition) is 2. The van der Waals surface area contributed by atoms with Gasteiger partial charge in [-0.15, -0.1) is 0 Å². The molecule has 0 unspecified atom stereocenters. The van der Waals surface area contributed by atoms with Gasteiger partial charge in [-0.3, -0.25) is 4.98 Å². The summed E-state index contributed by atoms with van der Waals surface area (Å²) in [4.78, 5) is 13.1. The molecule has 0 radical (unpaired) electrons. The second kappa shape index (κ2) is 5.69. The highest BCUT2D eigenvalue weighted by molar-refractivity contribution is 5.82. The normalized spacial score (nSPS) is 10.3. The van der Waals surface area contributed by atoms with E-state index in [2.05, 4.69) is 34.2 Å². The van der Waals surface area contributed by atoms with E-state index in [1.165, 1.54) is 0 Å². The number of benzene rings is 1. The lowest BCUT2D eigenvalue weighted by Crippen LogP contribution is -2.35. The van der Waals surface area contributed by atoms with E-state index in [4.69, 9.17) is 0 Å². The third-order valence-electron chi connectivity index (χ3n) is 2.91. The molecule has 1 aromatic heterocycles. The third kappa shape index (κ3) is 3.02. The lowest BCUT2D eigenvalue weighted by Gasteiger charge is -2.22. The summed E-state index contributed by atoms with van der Waals surface area (Å²) >= 11 is 0. The summed E-state index contributed by atoms with van der Waals surface area (Å²) in [6.45, 7) is 0.639. The standard InChI is InChI=1S/C15H20N4/c1-18(2)15(19(3)4)17-11-13-8-5-7-12-9-6-10-16-14(12)13/h5-10H,11H2,1-4H3. The number of fused-ring (bicyclic) bond motifs is 1. The average Bonchev–Trinajstić information content (AvgIpc) is 2.38. The van der Waals surface area contributed by atoms with E-state index in [0.29, 0.717) is 6.54 Å². The lowest BCUT2D eigenvalue weighted by molar-refractivity contribution is 0.479. The molecule has 4 heteroatoms. The second-order valence-electron chi connectivity index (χ2n) is 4.90. The molecular formula is C15H20N4. The molecule has 0 bridgehead atoms. The fourth-order valence-electron chi connectivity index (χ4n) is 2.13. The molecule has 0 aliphatic rings. The first kappa shape index (κ1) is 13.3. The Morgan fingerprint density at radius 2 is 1.74 bits per heavy atom. The summed E-state index contributed by atoms with van der Waals surface area (Å²) in [5.74, 6) is 0.952. The molecule has 0 atom stereocenters. The number of guanidine groups is 1. The van der Waals surface area contributed by atoms with Crippen LogP contribution in [0.3, 0.4) is 0 Å². The molecule has 0 fully saturated rings. The van der Waals surface area contributed by atoms with Crippen molar-refractivity contribution in [3.8, 4) is 0 Å². The van der Waals surface area contributed by atoms with Gasteiger partial charge in [-0.25, -0.2) is 4.99 Å². The van der Waals surface area contributed by atoms with Crippen LogP contribution in [-0.4, -0.2) is 48.9 Å². The summed E-state index contributed by atoms with van der Waals surface area (Å²) in [5, 5.41) is 1.16. The maximum atomic E-state index is 4.67. The van der Waals surface area contributed by atoms with E-state index in [-0.39, 0.29) is 0 Å². The van der Waals surface area contributed by atoms with E-state index in [1.807, 2.05) is 50.3 Å². The first-order valence-corrected chi connectivity index (χ1v) is 6.31. The molecule has 2 rings (SSSR count). The first-order valence-electron chi connectivity index (χ1n) is 6.31. The zero-order chi connectivity index (χ0) is 13.8. The van der Waals surface area contributed by atoms with Crippen LogP contribution < -0.4 is 0 Å². The highest BCUT2D eigenvalue weighted by atomic mass is 15.3. The zero-order valence-electron chi connectivity index (χ0n) is 12.0. The van der Waals surface area contributed by atoms with Gasteiger partial charge in [0.1, 0.15) is 0 Å². The van der Waals surface area contributed by atoms with Gasteiger partial charge in [-0.1, -0.05) is 24.3 Å². The molecule has 2 aromatic rings.